The fourth-order valence-corrected chi connectivity index (χ4v) is 0.417. The Balaban J connectivity index is 0. The quantitative estimate of drug-likeness (QED) is 0.359. The van der Waals surface area contributed by atoms with E-state index < -0.39 is 0 Å². The minimum Gasteiger partial charge on any atom is -0.391 e. The maximum absolute atomic E-state index is 3.04. The summed E-state index contributed by atoms with van der Waals surface area (Å²) in [5.41, 5.74) is 0. The molecule has 1 aliphatic heterocycles. The Morgan fingerprint density at radius 3 is 2.12 bits per heavy atom. The number of hydrogen-bond acceptors (Lipinski definition) is 1. The zero-order valence-corrected chi connectivity index (χ0v) is 5.06. The molecule has 0 bridgehead atoms. The first-order valence-electron chi connectivity index (χ1n) is 2.38. The summed E-state index contributed by atoms with van der Waals surface area (Å²) in [5.74, 6) is 0. The third-order valence-corrected chi connectivity index (χ3v) is 0.691. The van der Waals surface area contributed by atoms with Gasteiger partial charge in [-0.3, -0.25) is 0 Å². The van der Waals surface area contributed by atoms with E-state index >= 15 is 0 Å². The molecule has 0 unspecified atom stereocenters. The maximum atomic E-state index is 3.04. The van der Waals surface area contributed by atoms with Crippen LogP contribution in [0.5, 0.6) is 0 Å². The average Bonchev–Trinajstić information content (AvgIpc) is 2.23. The monoisotopic (exact) mass is 108 g/mol. The smallest absolute Gasteiger partial charge is 0.0176 e. The minimum absolute atomic E-state index is 0. The Kier molecular flexibility index (Phi) is 12.4. The van der Waals surface area contributed by atoms with E-state index in [4.69, 9.17) is 0 Å². The number of rotatable bonds is 0. The third kappa shape index (κ3) is 5.34. The molecule has 0 fully saturated rings. The van der Waals surface area contributed by atoms with E-state index in [0.29, 0.717) is 0 Å². The summed E-state index contributed by atoms with van der Waals surface area (Å²) in [6, 6.07) is 0. The predicted octanol–water partition coefficient (Wildman–Crippen LogP) is 0.915. The highest BCUT2D eigenvalue weighted by Crippen LogP contribution is 1.84. The van der Waals surface area contributed by atoms with Crippen LogP contribution in [0.25, 0.3) is 0 Å². The van der Waals surface area contributed by atoms with Crippen LogP contribution < -0.4 is 5.32 Å². The molecule has 2 heteroatoms. The van der Waals surface area contributed by atoms with Gasteiger partial charge in [0, 0.05) is 15.0 Å². The lowest BCUT2D eigenvalue weighted by Crippen LogP contribution is -1.96. The van der Waals surface area contributed by atoms with E-state index in [1.54, 1.807) is 0 Å². The molecular weight excluding hydrogens is 96.9 g/mol. The second-order valence-corrected chi connectivity index (χ2v) is 1.15. The van der Waals surface area contributed by atoms with Crippen molar-refractivity contribution in [2.24, 2.45) is 0 Å². The molecular formula is C6H11BN. The molecule has 0 aromatic rings. The standard InChI is InChI=1S/C4H7N.C2H4.B/c1-2-4-5-3-1;1-2;/h1,3,5H,2,4H2;1-2H2;. The summed E-state index contributed by atoms with van der Waals surface area (Å²) in [4.78, 5) is 0. The molecule has 0 aromatic heterocycles. The van der Waals surface area contributed by atoms with Crippen molar-refractivity contribution in [3.8, 4) is 0 Å². The van der Waals surface area contributed by atoms with Gasteiger partial charge in [-0.15, -0.1) is 13.2 Å². The minimum atomic E-state index is 0. The van der Waals surface area contributed by atoms with Crippen molar-refractivity contribution in [3.05, 3.63) is 25.4 Å². The van der Waals surface area contributed by atoms with Gasteiger partial charge < -0.3 is 5.32 Å². The fourth-order valence-electron chi connectivity index (χ4n) is 0.417. The van der Waals surface area contributed by atoms with Crippen molar-refractivity contribution in [1.29, 1.82) is 0 Å². The van der Waals surface area contributed by atoms with E-state index in [2.05, 4.69) is 24.6 Å². The lowest BCUT2D eigenvalue weighted by atomic mass is 10.5. The summed E-state index contributed by atoms with van der Waals surface area (Å²) < 4.78 is 0. The second kappa shape index (κ2) is 9.60. The topological polar surface area (TPSA) is 12.0 Å². The summed E-state index contributed by atoms with van der Waals surface area (Å²) in [7, 11) is 0. The summed E-state index contributed by atoms with van der Waals surface area (Å²) in [5, 5.41) is 3.04. The van der Waals surface area contributed by atoms with Crippen LogP contribution in [0.2, 0.25) is 0 Å². The van der Waals surface area contributed by atoms with Crippen LogP contribution in [0.1, 0.15) is 6.42 Å². The van der Waals surface area contributed by atoms with E-state index in [1.807, 2.05) is 6.20 Å². The first-order valence-corrected chi connectivity index (χ1v) is 2.38. The van der Waals surface area contributed by atoms with Gasteiger partial charge in [0.25, 0.3) is 0 Å². The Morgan fingerprint density at radius 1 is 1.38 bits per heavy atom. The number of hydrogen-bond donors (Lipinski definition) is 1. The second-order valence-electron chi connectivity index (χ2n) is 1.15. The van der Waals surface area contributed by atoms with Gasteiger partial charge in [0.2, 0.25) is 0 Å². The Labute approximate surface area is 53.1 Å². The van der Waals surface area contributed by atoms with Gasteiger partial charge in [-0.1, -0.05) is 6.08 Å². The normalized spacial score (nSPS) is 12.5. The van der Waals surface area contributed by atoms with Crippen LogP contribution in [0.15, 0.2) is 25.4 Å². The molecule has 1 N–H and O–H groups in total. The molecule has 0 saturated heterocycles. The van der Waals surface area contributed by atoms with Crippen molar-refractivity contribution in [1.82, 2.24) is 5.32 Å². The highest BCUT2D eigenvalue weighted by atomic mass is 14.8. The van der Waals surface area contributed by atoms with Crippen LogP contribution in [0.4, 0.5) is 0 Å². The molecule has 3 radical (unpaired) electrons. The van der Waals surface area contributed by atoms with Gasteiger partial charge in [0.15, 0.2) is 0 Å². The molecule has 0 saturated carbocycles. The van der Waals surface area contributed by atoms with Gasteiger partial charge in [-0.25, -0.2) is 0 Å². The molecule has 1 rings (SSSR count). The van der Waals surface area contributed by atoms with Crippen molar-refractivity contribution in [2.75, 3.05) is 6.54 Å². The molecule has 1 nitrogen and oxygen atoms in total. The van der Waals surface area contributed by atoms with Crippen LogP contribution in [-0.4, -0.2) is 15.0 Å². The van der Waals surface area contributed by atoms with Crippen LogP contribution in [-0.2, 0) is 0 Å². The van der Waals surface area contributed by atoms with E-state index in [0.717, 1.165) is 6.54 Å². The van der Waals surface area contributed by atoms with Crippen molar-refractivity contribution in [3.63, 3.8) is 0 Å². The van der Waals surface area contributed by atoms with E-state index in [9.17, 15) is 0 Å². The lowest BCUT2D eigenvalue weighted by molar-refractivity contribution is 0.917. The summed E-state index contributed by atoms with van der Waals surface area (Å²) >= 11 is 0. The Bertz CT molecular complexity index is 55.5. The van der Waals surface area contributed by atoms with Crippen molar-refractivity contribution < 1.29 is 0 Å². The van der Waals surface area contributed by atoms with Gasteiger partial charge in [-0.2, -0.15) is 0 Å². The Hall–Kier alpha value is -0.655. The Morgan fingerprint density at radius 2 is 2.00 bits per heavy atom. The summed E-state index contributed by atoms with van der Waals surface area (Å²) in [6.07, 6.45) is 5.32. The molecule has 1 heterocycles. The summed E-state index contributed by atoms with van der Waals surface area (Å²) in [6.45, 7) is 7.14. The first kappa shape index (κ1) is 10.4. The van der Waals surface area contributed by atoms with Crippen LogP contribution in [0, 0.1) is 0 Å². The molecule has 0 spiro atoms. The third-order valence-electron chi connectivity index (χ3n) is 0.691. The zero-order valence-electron chi connectivity index (χ0n) is 5.06. The zero-order chi connectivity index (χ0) is 5.54. The maximum Gasteiger partial charge on any atom is 0.0176 e. The highest BCUT2D eigenvalue weighted by molar-refractivity contribution is 5.75. The SMILES string of the molecule is C1=CNCC1.C=C.[B]. The average molecular weight is 108 g/mol. The van der Waals surface area contributed by atoms with Crippen molar-refractivity contribution >= 4 is 8.41 Å². The highest BCUT2D eigenvalue weighted by Gasteiger charge is 1.81. The molecule has 0 aromatic carbocycles. The van der Waals surface area contributed by atoms with E-state index in [-0.39, 0.29) is 8.41 Å². The van der Waals surface area contributed by atoms with Crippen molar-refractivity contribution in [2.45, 2.75) is 6.42 Å². The van der Waals surface area contributed by atoms with Gasteiger partial charge in [0.1, 0.15) is 0 Å². The predicted molar refractivity (Wildman–Crippen MR) is 38.8 cm³/mol. The molecule has 0 atom stereocenters. The molecule has 0 amide bonds. The molecule has 1 aliphatic rings. The van der Waals surface area contributed by atoms with Gasteiger partial charge >= 0.3 is 0 Å². The number of nitrogens with one attached hydrogen (secondary N) is 1. The molecule has 0 aliphatic carbocycles. The molecule has 8 heavy (non-hydrogen) atoms. The van der Waals surface area contributed by atoms with E-state index in [1.165, 1.54) is 6.42 Å². The van der Waals surface area contributed by atoms with Crippen LogP contribution >= 0.6 is 0 Å². The lowest BCUT2D eigenvalue weighted by Gasteiger charge is -1.78. The van der Waals surface area contributed by atoms with Gasteiger partial charge in [0.05, 0.1) is 0 Å². The largest absolute Gasteiger partial charge is 0.391 e. The van der Waals surface area contributed by atoms with Crippen LogP contribution in [0.3, 0.4) is 0 Å². The molecule has 43 valence electrons. The first-order chi connectivity index (χ1) is 3.50. The van der Waals surface area contributed by atoms with Gasteiger partial charge in [-0.05, 0) is 12.6 Å². The fraction of sp³-hybridized carbons (Fsp3) is 0.333.